The average molecular weight is 328 g/mol. The predicted molar refractivity (Wildman–Crippen MR) is 90.9 cm³/mol. The zero-order valence-corrected chi connectivity index (χ0v) is 14.5. The number of hydrogen-bond donors (Lipinski definition) is 0. The van der Waals surface area contributed by atoms with Crippen LogP contribution in [-0.4, -0.2) is 44.8 Å². The van der Waals surface area contributed by atoms with Gasteiger partial charge in [0.15, 0.2) is 6.10 Å². The molecule has 2 atom stereocenters. The van der Waals surface area contributed by atoms with E-state index in [1.165, 1.54) is 0 Å². The van der Waals surface area contributed by atoms with E-state index >= 15 is 0 Å². The Morgan fingerprint density at radius 1 is 1.29 bits per heavy atom. The summed E-state index contributed by atoms with van der Waals surface area (Å²) in [7, 11) is 0. The van der Waals surface area contributed by atoms with Crippen molar-refractivity contribution in [2.24, 2.45) is 0 Å². The van der Waals surface area contributed by atoms with Crippen LogP contribution in [-0.2, 0) is 4.79 Å². The van der Waals surface area contributed by atoms with Crippen molar-refractivity contribution in [3.05, 3.63) is 42.0 Å². The maximum Gasteiger partial charge on any atom is 0.263 e. The summed E-state index contributed by atoms with van der Waals surface area (Å²) in [5.74, 6) is 2.42. The Balaban J connectivity index is 1.65. The highest BCUT2D eigenvalue weighted by atomic mass is 16.5. The Bertz CT molecular complexity index is 698. The van der Waals surface area contributed by atoms with Crippen molar-refractivity contribution < 1.29 is 9.53 Å². The summed E-state index contributed by atoms with van der Waals surface area (Å²) < 4.78 is 7.73. The Morgan fingerprint density at radius 2 is 2.04 bits per heavy atom. The molecule has 2 aromatic rings. The maximum absolute atomic E-state index is 12.7. The average Bonchev–Trinajstić information content (AvgIpc) is 2.93. The number of amides is 1. The molecule has 0 N–H and O–H groups in total. The quantitative estimate of drug-likeness (QED) is 0.865. The van der Waals surface area contributed by atoms with E-state index in [0.717, 1.165) is 36.8 Å². The van der Waals surface area contributed by atoms with Crippen molar-refractivity contribution in [1.82, 2.24) is 19.7 Å². The number of carbonyl (C=O) groups excluding carboxylic acids is 1. The molecule has 0 unspecified atom stereocenters. The van der Waals surface area contributed by atoms with Gasteiger partial charge in [-0.05, 0) is 45.7 Å². The number of carbonyl (C=O) groups is 1. The van der Waals surface area contributed by atoms with Crippen LogP contribution in [0.5, 0.6) is 5.75 Å². The van der Waals surface area contributed by atoms with E-state index in [2.05, 4.69) is 10.1 Å². The highest BCUT2D eigenvalue weighted by molar-refractivity contribution is 5.81. The van der Waals surface area contributed by atoms with Crippen molar-refractivity contribution in [1.29, 1.82) is 0 Å². The normalized spacial score (nSPS) is 19.1. The van der Waals surface area contributed by atoms with Crippen LogP contribution in [0.25, 0.3) is 0 Å². The molecular weight excluding hydrogens is 304 g/mol. The van der Waals surface area contributed by atoms with Gasteiger partial charge in [0.1, 0.15) is 17.4 Å². The van der Waals surface area contributed by atoms with Gasteiger partial charge in [0.25, 0.3) is 5.91 Å². The molecule has 6 nitrogen and oxygen atoms in total. The van der Waals surface area contributed by atoms with Crippen molar-refractivity contribution >= 4 is 5.91 Å². The second-order valence-electron chi connectivity index (χ2n) is 6.30. The molecule has 3 rings (SSSR count). The summed E-state index contributed by atoms with van der Waals surface area (Å²) in [5.41, 5.74) is 0. The number of para-hydroxylation sites is 1. The minimum absolute atomic E-state index is 0.0260. The number of piperidine rings is 1. The summed E-state index contributed by atoms with van der Waals surface area (Å²) >= 11 is 0. The first-order valence-corrected chi connectivity index (χ1v) is 8.45. The number of aryl methyl sites for hydroxylation is 2. The molecule has 6 heteroatoms. The van der Waals surface area contributed by atoms with Gasteiger partial charge in [-0.25, -0.2) is 9.67 Å². The van der Waals surface area contributed by atoms with Crippen molar-refractivity contribution in [2.75, 3.05) is 13.1 Å². The summed E-state index contributed by atoms with van der Waals surface area (Å²) in [6.45, 7) is 7.09. The molecule has 0 saturated carbocycles. The van der Waals surface area contributed by atoms with Crippen molar-refractivity contribution in [2.45, 2.75) is 45.8 Å². The molecule has 2 heterocycles. The molecule has 1 amide bonds. The van der Waals surface area contributed by atoms with Crippen LogP contribution in [0.3, 0.4) is 0 Å². The molecular formula is C18H24N4O2. The minimum atomic E-state index is -0.496. The van der Waals surface area contributed by atoms with Crippen LogP contribution in [0.4, 0.5) is 0 Å². The van der Waals surface area contributed by atoms with Gasteiger partial charge in [0.2, 0.25) is 0 Å². The number of nitrogens with zero attached hydrogens (tertiary/aromatic N) is 4. The van der Waals surface area contributed by atoms with Gasteiger partial charge in [-0.1, -0.05) is 18.2 Å². The van der Waals surface area contributed by atoms with Crippen LogP contribution in [0, 0.1) is 13.8 Å². The maximum atomic E-state index is 12.7. The van der Waals surface area contributed by atoms with Gasteiger partial charge in [-0.2, -0.15) is 5.10 Å². The molecule has 1 fully saturated rings. The topological polar surface area (TPSA) is 60.2 Å². The van der Waals surface area contributed by atoms with E-state index in [-0.39, 0.29) is 11.9 Å². The van der Waals surface area contributed by atoms with Crippen LogP contribution in [0.1, 0.15) is 37.5 Å². The van der Waals surface area contributed by atoms with Gasteiger partial charge in [-0.3, -0.25) is 4.79 Å². The Morgan fingerprint density at radius 3 is 2.71 bits per heavy atom. The number of ether oxygens (including phenoxy) is 1. The van der Waals surface area contributed by atoms with Crippen LogP contribution >= 0.6 is 0 Å². The van der Waals surface area contributed by atoms with E-state index in [0.29, 0.717) is 6.54 Å². The van der Waals surface area contributed by atoms with Gasteiger partial charge in [-0.15, -0.1) is 0 Å². The van der Waals surface area contributed by atoms with E-state index in [1.54, 1.807) is 0 Å². The van der Waals surface area contributed by atoms with E-state index in [9.17, 15) is 4.79 Å². The third kappa shape index (κ3) is 3.58. The zero-order valence-electron chi connectivity index (χ0n) is 14.5. The first kappa shape index (κ1) is 16.5. The van der Waals surface area contributed by atoms with E-state index in [4.69, 9.17) is 4.74 Å². The van der Waals surface area contributed by atoms with Gasteiger partial charge in [0, 0.05) is 13.1 Å². The van der Waals surface area contributed by atoms with Crippen LogP contribution < -0.4 is 4.74 Å². The summed E-state index contributed by atoms with van der Waals surface area (Å²) in [4.78, 5) is 19.0. The molecule has 1 aliphatic heterocycles. The lowest BCUT2D eigenvalue weighted by molar-refractivity contribution is -0.139. The minimum Gasteiger partial charge on any atom is -0.481 e. The molecule has 1 aromatic heterocycles. The molecule has 0 bridgehead atoms. The summed E-state index contributed by atoms with van der Waals surface area (Å²) in [6, 6.07) is 9.65. The highest BCUT2D eigenvalue weighted by Gasteiger charge is 2.29. The predicted octanol–water partition coefficient (Wildman–Crippen LogP) is 2.53. The first-order chi connectivity index (χ1) is 11.5. The number of aromatic nitrogens is 3. The second kappa shape index (κ2) is 7.03. The SMILES string of the molecule is Cc1nc(C)n([C@@H]2CCCN(C(=O)[C@H](C)Oc3ccccc3)C2)n1. The van der Waals surface area contributed by atoms with Crippen LogP contribution in [0.15, 0.2) is 30.3 Å². The van der Waals surface area contributed by atoms with Gasteiger partial charge in [0.05, 0.1) is 6.04 Å². The lowest BCUT2D eigenvalue weighted by Gasteiger charge is -2.34. The fraction of sp³-hybridized carbons (Fsp3) is 0.500. The van der Waals surface area contributed by atoms with E-state index < -0.39 is 6.10 Å². The second-order valence-corrected chi connectivity index (χ2v) is 6.30. The van der Waals surface area contributed by atoms with Gasteiger partial charge < -0.3 is 9.64 Å². The number of likely N-dealkylation sites (tertiary alicyclic amines) is 1. The standard InChI is InChI=1S/C18H24N4O2/c1-13(24-17-9-5-4-6-10-17)18(23)21-11-7-8-16(12-21)22-15(3)19-14(2)20-22/h4-6,9-10,13,16H,7-8,11-12H2,1-3H3/t13-,16+/m0/s1. The third-order valence-corrected chi connectivity index (χ3v) is 4.37. The highest BCUT2D eigenvalue weighted by Crippen LogP contribution is 2.23. The molecule has 0 aliphatic carbocycles. The zero-order chi connectivity index (χ0) is 17.1. The summed E-state index contributed by atoms with van der Waals surface area (Å²) in [5, 5.41) is 4.48. The molecule has 0 radical (unpaired) electrons. The lowest BCUT2D eigenvalue weighted by Crippen LogP contribution is -2.46. The molecule has 0 spiro atoms. The third-order valence-electron chi connectivity index (χ3n) is 4.37. The largest absolute Gasteiger partial charge is 0.481 e. The Hall–Kier alpha value is -2.37. The molecule has 128 valence electrons. The van der Waals surface area contributed by atoms with Crippen LogP contribution in [0.2, 0.25) is 0 Å². The molecule has 1 saturated heterocycles. The molecule has 24 heavy (non-hydrogen) atoms. The lowest BCUT2D eigenvalue weighted by atomic mass is 10.1. The number of rotatable bonds is 4. The fourth-order valence-electron chi connectivity index (χ4n) is 3.25. The number of benzene rings is 1. The smallest absolute Gasteiger partial charge is 0.263 e. The van der Waals surface area contributed by atoms with Crippen molar-refractivity contribution in [3.8, 4) is 5.75 Å². The first-order valence-electron chi connectivity index (χ1n) is 8.45. The Kier molecular flexibility index (Phi) is 4.83. The summed E-state index contributed by atoms with van der Waals surface area (Å²) in [6.07, 6.45) is 1.48. The van der Waals surface area contributed by atoms with Crippen molar-refractivity contribution in [3.63, 3.8) is 0 Å². The molecule has 1 aromatic carbocycles. The fourth-order valence-corrected chi connectivity index (χ4v) is 3.25. The number of hydrogen-bond acceptors (Lipinski definition) is 4. The van der Waals surface area contributed by atoms with Gasteiger partial charge >= 0.3 is 0 Å². The van der Waals surface area contributed by atoms with E-state index in [1.807, 2.05) is 60.7 Å². The Labute approximate surface area is 142 Å². The monoisotopic (exact) mass is 328 g/mol. The molecule has 1 aliphatic rings.